The van der Waals surface area contributed by atoms with Crippen molar-refractivity contribution in [1.29, 1.82) is 0 Å². The van der Waals surface area contributed by atoms with Crippen molar-refractivity contribution in [3.05, 3.63) is 59.9 Å². The van der Waals surface area contributed by atoms with Crippen LogP contribution in [0.2, 0.25) is 0 Å². The topological polar surface area (TPSA) is 85.2 Å². The first-order valence-corrected chi connectivity index (χ1v) is 10.6. The zero-order valence-corrected chi connectivity index (χ0v) is 18.2. The predicted octanol–water partition coefficient (Wildman–Crippen LogP) is 3.33. The summed E-state index contributed by atoms with van der Waals surface area (Å²) in [5.74, 6) is 1.67. The first kappa shape index (κ1) is 20.8. The van der Waals surface area contributed by atoms with Gasteiger partial charge in [0.1, 0.15) is 5.82 Å². The normalized spacial score (nSPS) is 18.6. The Bertz CT molecular complexity index is 1040. The number of methoxy groups -OCH3 is 1. The lowest BCUT2D eigenvalue weighted by Gasteiger charge is -2.40. The zero-order valence-electron chi connectivity index (χ0n) is 18.2. The molecule has 1 unspecified atom stereocenters. The van der Waals surface area contributed by atoms with E-state index in [1.54, 1.807) is 19.5 Å². The molecule has 1 N–H and O–H groups in total. The molecule has 3 heterocycles. The van der Waals surface area contributed by atoms with Crippen molar-refractivity contribution in [3.63, 3.8) is 0 Å². The molecule has 1 amide bonds. The molecule has 0 aliphatic carbocycles. The van der Waals surface area contributed by atoms with Crippen molar-refractivity contribution < 1.29 is 9.53 Å². The van der Waals surface area contributed by atoms with Crippen LogP contribution in [-0.2, 0) is 0 Å². The quantitative estimate of drug-likeness (QED) is 0.658. The molecule has 1 aromatic carbocycles. The van der Waals surface area contributed by atoms with Crippen LogP contribution in [0.1, 0.15) is 35.7 Å². The summed E-state index contributed by atoms with van der Waals surface area (Å²) in [6.45, 7) is 5.54. The third-order valence-corrected chi connectivity index (χ3v) is 5.82. The van der Waals surface area contributed by atoms with E-state index < -0.39 is 0 Å². The van der Waals surface area contributed by atoms with Gasteiger partial charge in [-0.2, -0.15) is 20.0 Å². The maximum atomic E-state index is 13.7. The Labute approximate surface area is 182 Å². The van der Waals surface area contributed by atoms with Crippen molar-refractivity contribution in [3.8, 4) is 11.6 Å². The summed E-state index contributed by atoms with van der Waals surface area (Å²) in [5.41, 5.74) is 2.34. The number of likely N-dealkylation sites (tertiary alicyclic amines) is 1. The van der Waals surface area contributed by atoms with Crippen LogP contribution in [0.3, 0.4) is 0 Å². The van der Waals surface area contributed by atoms with E-state index in [9.17, 15) is 4.79 Å². The average Bonchev–Trinajstić information content (AvgIpc) is 3.32. The molecule has 0 spiro atoms. The third-order valence-electron chi connectivity index (χ3n) is 5.82. The average molecular weight is 421 g/mol. The van der Waals surface area contributed by atoms with Crippen molar-refractivity contribution in [2.45, 2.75) is 32.7 Å². The number of anilines is 1. The van der Waals surface area contributed by atoms with Crippen molar-refractivity contribution in [2.24, 2.45) is 5.92 Å². The van der Waals surface area contributed by atoms with Crippen molar-refractivity contribution >= 4 is 11.7 Å². The first-order chi connectivity index (χ1) is 15.1. The van der Waals surface area contributed by atoms with Crippen molar-refractivity contribution in [2.75, 3.05) is 25.5 Å². The van der Waals surface area contributed by atoms with Gasteiger partial charge >= 0.3 is 0 Å². The minimum Gasteiger partial charge on any atom is -0.481 e. The lowest BCUT2D eigenvalue weighted by Crippen LogP contribution is -2.51. The van der Waals surface area contributed by atoms with Crippen LogP contribution in [0.15, 0.2) is 48.8 Å². The summed E-state index contributed by atoms with van der Waals surface area (Å²) >= 11 is 0. The highest BCUT2D eigenvalue weighted by Crippen LogP contribution is 2.27. The molecular weight excluding hydrogens is 392 g/mol. The van der Waals surface area contributed by atoms with E-state index >= 15 is 0 Å². The van der Waals surface area contributed by atoms with E-state index in [1.165, 1.54) is 4.80 Å². The van der Waals surface area contributed by atoms with E-state index in [2.05, 4.69) is 27.4 Å². The lowest BCUT2D eigenvalue weighted by molar-refractivity contribution is 0.0539. The largest absolute Gasteiger partial charge is 0.481 e. The van der Waals surface area contributed by atoms with Gasteiger partial charge in [0.15, 0.2) is 0 Å². The second-order valence-electron chi connectivity index (χ2n) is 7.97. The summed E-state index contributed by atoms with van der Waals surface area (Å²) in [5, 5.41) is 11.9. The number of hydrogen-bond donors (Lipinski definition) is 1. The Morgan fingerprint density at radius 1 is 1.23 bits per heavy atom. The van der Waals surface area contributed by atoms with E-state index in [-0.39, 0.29) is 11.9 Å². The number of nitrogens with one attached hydrogen (secondary N) is 1. The fraction of sp³-hybridized carbons (Fsp3) is 0.391. The van der Waals surface area contributed by atoms with Gasteiger partial charge in [0.25, 0.3) is 5.91 Å². The van der Waals surface area contributed by atoms with Crippen LogP contribution in [0.25, 0.3) is 5.69 Å². The standard InChI is InChI=1S/C23H28N6O2/c1-16-9-10-19(29-25-11-12-26-29)18(14-16)23(30)28-13-5-6-17(2)20(28)15-24-21-7-4-8-22(27-21)31-3/h4,7-12,14,17,20H,5-6,13,15H2,1-3H3,(H,24,27)/t17-,20?/m1/s1. The summed E-state index contributed by atoms with van der Waals surface area (Å²) in [7, 11) is 1.60. The molecule has 8 heteroatoms. The molecule has 2 atom stereocenters. The van der Waals surface area contributed by atoms with Crippen LogP contribution in [0, 0.1) is 12.8 Å². The van der Waals surface area contributed by atoms with Crippen LogP contribution >= 0.6 is 0 Å². The molecule has 1 saturated heterocycles. The fourth-order valence-corrected chi connectivity index (χ4v) is 4.14. The monoisotopic (exact) mass is 420 g/mol. The first-order valence-electron chi connectivity index (χ1n) is 10.6. The van der Waals surface area contributed by atoms with E-state index in [1.807, 2.05) is 48.2 Å². The number of ether oxygens (including phenoxy) is 1. The highest BCUT2D eigenvalue weighted by Gasteiger charge is 2.33. The van der Waals surface area contributed by atoms with Crippen molar-refractivity contribution in [1.82, 2.24) is 24.9 Å². The molecule has 1 aliphatic rings. The van der Waals surface area contributed by atoms with Gasteiger partial charge in [-0.25, -0.2) is 0 Å². The molecule has 4 rings (SSSR count). The second-order valence-corrected chi connectivity index (χ2v) is 7.97. The minimum atomic E-state index is 0.00736. The lowest BCUT2D eigenvalue weighted by atomic mass is 9.89. The molecule has 162 valence electrons. The van der Waals surface area contributed by atoms with Gasteiger partial charge in [-0.3, -0.25) is 4.79 Å². The van der Waals surface area contributed by atoms with E-state index in [0.29, 0.717) is 29.6 Å². The van der Waals surface area contributed by atoms with Crippen LogP contribution < -0.4 is 10.1 Å². The molecule has 0 saturated carbocycles. The SMILES string of the molecule is COc1cccc(NCC2[C@H](C)CCCN2C(=O)c2cc(C)ccc2-n2nccn2)n1. The number of nitrogens with zero attached hydrogens (tertiary/aromatic N) is 5. The Balaban J connectivity index is 1.59. The maximum Gasteiger partial charge on any atom is 0.256 e. The van der Waals surface area contributed by atoms with Gasteiger partial charge in [0.05, 0.1) is 36.8 Å². The van der Waals surface area contributed by atoms with Crippen LogP contribution in [-0.4, -0.2) is 57.0 Å². The molecule has 0 radical (unpaired) electrons. The summed E-state index contributed by atoms with van der Waals surface area (Å²) < 4.78 is 5.21. The smallest absolute Gasteiger partial charge is 0.256 e. The Morgan fingerprint density at radius 2 is 2.03 bits per heavy atom. The molecular formula is C23H28N6O2. The van der Waals surface area contributed by atoms with Gasteiger partial charge in [-0.1, -0.05) is 24.6 Å². The molecule has 2 aromatic heterocycles. The number of aromatic nitrogens is 4. The Morgan fingerprint density at radius 3 is 2.81 bits per heavy atom. The Hall–Kier alpha value is -3.42. The van der Waals surface area contributed by atoms with E-state index in [0.717, 1.165) is 30.8 Å². The van der Waals surface area contributed by atoms with Gasteiger partial charge in [-0.05, 0) is 43.9 Å². The van der Waals surface area contributed by atoms with Gasteiger partial charge in [0.2, 0.25) is 5.88 Å². The predicted molar refractivity (Wildman–Crippen MR) is 119 cm³/mol. The van der Waals surface area contributed by atoms with Crippen LogP contribution in [0.5, 0.6) is 5.88 Å². The van der Waals surface area contributed by atoms with Gasteiger partial charge < -0.3 is 15.0 Å². The number of carbonyl (C=O) groups is 1. The number of aryl methyl sites for hydroxylation is 1. The molecule has 1 fully saturated rings. The minimum absolute atomic E-state index is 0.00736. The molecule has 1 aliphatic heterocycles. The van der Waals surface area contributed by atoms with Gasteiger partial charge in [0, 0.05) is 19.2 Å². The summed E-state index contributed by atoms with van der Waals surface area (Å²) in [4.78, 5) is 21.7. The zero-order chi connectivity index (χ0) is 21.8. The fourth-order valence-electron chi connectivity index (χ4n) is 4.14. The van der Waals surface area contributed by atoms with E-state index in [4.69, 9.17) is 4.74 Å². The number of piperidine rings is 1. The molecule has 8 nitrogen and oxygen atoms in total. The number of benzene rings is 1. The Kier molecular flexibility index (Phi) is 6.16. The number of rotatable bonds is 6. The number of pyridine rings is 1. The number of carbonyl (C=O) groups excluding carboxylic acids is 1. The highest BCUT2D eigenvalue weighted by molar-refractivity contribution is 5.98. The third kappa shape index (κ3) is 4.52. The summed E-state index contributed by atoms with van der Waals surface area (Å²) in [6.07, 6.45) is 5.31. The maximum absolute atomic E-state index is 13.7. The van der Waals surface area contributed by atoms with Gasteiger partial charge in [-0.15, -0.1) is 0 Å². The summed E-state index contributed by atoms with van der Waals surface area (Å²) in [6, 6.07) is 11.5. The molecule has 31 heavy (non-hydrogen) atoms. The van der Waals surface area contributed by atoms with Crippen LogP contribution in [0.4, 0.5) is 5.82 Å². The second kappa shape index (κ2) is 9.16. The molecule has 3 aromatic rings. The number of amides is 1. The number of hydrogen-bond acceptors (Lipinski definition) is 6. The highest BCUT2D eigenvalue weighted by atomic mass is 16.5. The molecule has 0 bridgehead atoms.